The highest BCUT2D eigenvalue weighted by Gasteiger charge is 2.37. The molecule has 2 fully saturated rings. The lowest BCUT2D eigenvalue weighted by molar-refractivity contribution is 0.0254. The Hall–Kier alpha value is -0.580. The summed E-state index contributed by atoms with van der Waals surface area (Å²) in [7, 11) is 0. The van der Waals surface area contributed by atoms with Crippen LogP contribution in [0.15, 0.2) is 22.7 Å². The minimum absolute atomic E-state index is 0.374. The summed E-state index contributed by atoms with van der Waals surface area (Å²) in [4.78, 5) is 2.44. The average molecular weight is 326 g/mol. The van der Waals surface area contributed by atoms with Crippen LogP contribution in [0.3, 0.4) is 0 Å². The normalized spacial score (nSPS) is 28.3. The maximum Gasteiger partial charge on any atom is 0.0782 e. The number of fused-ring (bicyclic) bond motifs is 1. The van der Waals surface area contributed by atoms with Crippen LogP contribution in [0, 0.1) is 0 Å². The maximum atomic E-state index is 10.0. The fraction of sp³-hybridized carbons (Fsp3) is 0.600. The van der Waals surface area contributed by atoms with Crippen molar-refractivity contribution in [2.24, 2.45) is 0 Å². The Morgan fingerprint density at radius 1 is 1.42 bits per heavy atom. The number of aliphatic hydroxyl groups excluding tert-OH is 1. The zero-order valence-electron chi connectivity index (χ0n) is 11.2. The summed E-state index contributed by atoms with van der Waals surface area (Å²) in [5.41, 5.74) is 2.17. The number of hydrogen-bond acceptors (Lipinski definition) is 3. The summed E-state index contributed by atoms with van der Waals surface area (Å²) < 4.78 is 6.88. The third-order valence-corrected chi connectivity index (χ3v) is 4.72. The summed E-state index contributed by atoms with van der Waals surface area (Å²) >= 11 is 3.49. The van der Waals surface area contributed by atoms with Gasteiger partial charge in [0, 0.05) is 22.3 Å². The molecule has 2 aliphatic rings. The highest BCUT2D eigenvalue weighted by atomic mass is 79.9. The number of halogens is 1. The fourth-order valence-electron chi connectivity index (χ4n) is 3.35. The first-order valence-corrected chi connectivity index (χ1v) is 7.82. The van der Waals surface area contributed by atoms with E-state index in [-0.39, 0.29) is 0 Å². The third-order valence-electron chi connectivity index (χ3n) is 4.23. The molecule has 1 saturated carbocycles. The molecular weight excluding hydrogens is 306 g/mol. The van der Waals surface area contributed by atoms with Gasteiger partial charge in [-0.15, -0.1) is 0 Å². The third kappa shape index (κ3) is 2.54. The minimum atomic E-state index is -0.449. The van der Waals surface area contributed by atoms with Crippen molar-refractivity contribution < 1.29 is 9.84 Å². The summed E-state index contributed by atoms with van der Waals surface area (Å²) in [6.07, 6.45) is 3.53. The van der Waals surface area contributed by atoms with E-state index in [0.717, 1.165) is 23.2 Å². The Balaban J connectivity index is 1.96. The summed E-state index contributed by atoms with van der Waals surface area (Å²) in [5.74, 6) is 0. The highest BCUT2D eigenvalue weighted by molar-refractivity contribution is 9.10. The number of aliphatic hydroxyl groups is 1. The van der Waals surface area contributed by atoms with Crippen molar-refractivity contribution in [2.45, 2.75) is 44.4 Å². The van der Waals surface area contributed by atoms with Crippen molar-refractivity contribution in [1.82, 2.24) is 0 Å². The van der Waals surface area contributed by atoms with Gasteiger partial charge in [-0.3, -0.25) is 0 Å². The predicted octanol–water partition coefficient (Wildman–Crippen LogP) is 3.26. The number of nitrogens with zero attached hydrogens (tertiary/aromatic N) is 1. The van der Waals surface area contributed by atoms with Gasteiger partial charge in [-0.25, -0.2) is 0 Å². The molecule has 1 aromatic carbocycles. The smallest absolute Gasteiger partial charge is 0.0782 e. The molecule has 3 unspecified atom stereocenters. The molecule has 0 amide bonds. The quantitative estimate of drug-likeness (QED) is 0.905. The number of ether oxygens (including phenoxy) is 1. The van der Waals surface area contributed by atoms with Crippen LogP contribution in [0.1, 0.15) is 37.9 Å². The van der Waals surface area contributed by atoms with Crippen LogP contribution >= 0.6 is 15.9 Å². The molecule has 3 nitrogen and oxygen atoms in total. The lowest BCUT2D eigenvalue weighted by Gasteiger charge is -2.40. The molecule has 0 spiro atoms. The molecule has 0 bridgehead atoms. The molecule has 4 heteroatoms. The van der Waals surface area contributed by atoms with Gasteiger partial charge >= 0.3 is 0 Å². The fourth-order valence-corrected chi connectivity index (χ4v) is 3.73. The summed E-state index contributed by atoms with van der Waals surface area (Å²) in [5, 5.41) is 10.0. The van der Waals surface area contributed by atoms with E-state index in [1.54, 1.807) is 0 Å². The van der Waals surface area contributed by atoms with Crippen LogP contribution in [0.4, 0.5) is 5.69 Å². The minimum Gasteiger partial charge on any atom is -0.389 e. The Labute approximate surface area is 122 Å². The standard InChI is InChI=1S/C15H20BrNO2/c1-10(18)12-9-11(16)5-6-13(12)17-7-8-19-15-4-2-3-14(15)17/h5-6,9-10,14-15,18H,2-4,7-8H2,1H3. The number of benzene rings is 1. The van der Waals surface area contributed by atoms with Crippen LogP contribution in [0.2, 0.25) is 0 Å². The van der Waals surface area contributed by atoms with Gasteiger partial charge < -0.3 is 14.7 Å². The van der Waals surface area contributed by atoms with Gasteiger partial charge in [-0.2, -0.15) is 0 Å². The van der Waals surface area contributed by atoms with E-state index in [9.17, 15) is 5.11 Å². The van der Waals surface area contributed by atoms with Gasteiger partial charge in [0.25, 0.3) is 0 Å². The van der Waals surface area contributed by atoms with Gasteiger partial charge in [0.1, 0.15) is 0 Å². The van der Waals surface area contributed by atoms with Crippen molar-refractivity contribution in [1.29, 1.82) is 0 Å². The predicted molar refractivity (Wildman–Crippen MR) is 79.5 cm³/mol. The molecular formula is C15H20BrNO2. The summed E-state index contributed by atoms with van der Waals surface area (Å²) in [6.45, 7) is 3.54. The second-order valence-electron chi connectivity index (χ2n) is 5.48. The second kappa shape index (κ2) is 5.43. The molecule has 1 aromatic rings. The van der Waals surface area contributed by atoms with Gasteiger partial charge in [-0.1, -0.05) is 15.9 Å². The first-order chi connectivity index (χ1) is 9.16. The molecule has 1 heterocycles. The first kappa shape index (κ1) is 13.4. The molecule has 104 valence electrons. The lowest BCUT2D eigenvalue weighted by atomic mass is 10.0. The first-order valence-electron chi connectivity index (χ1n) is 7.02. The Morgan fingerprint density at radius 2 is 2.26 bits per heavy atom. The van der Waals surface area contributed by atoms with Crippen molar-refractivity contribution >= 4 is 21.6 Å². The van der Waals surface area contributed by atoms with Crippen LogP contribution in [-0.2, 0) is 4.74 Å². The Morgan fingerprint density at radius 3 is 3.05 bits per heavy atom. The van der Waals surface area contributed by atoms with E-state index in [0.29, 0.717) is 12.1 Å². The topological polar surface area (TPSA) is 32.7 Å². The van der Waals surface area contributed by atoms with Crippen LogP contribution in [0.25, 0.3) is 0 Å². The average Bonchev–Trinajstić information content (AvgIpc) is 2.86. The molecule has 1 aliphatic heterocycles. The molecule has 1 N–H and O–H groups in total. The molecule has 0 aromatic heterocycles. The molecule has 0 radical (unpaired) electrons. The highest BCUT2D eigenvalue weighted by Crippen LogP contribution is 2.37. The monoisotopic (exact) mass is 325 g/mol. The lowest BCUT2D eigenvalue weighted by Crippen LogP contribution is -2.49. The van der Waals surface area contributed by atoms with Crippen LogP contribution in [0.5, 0.6) is 0 Å². The zero-order chi connectivity index (χ0) is 13.4. The van der Waals surface area contributed by atoms with E-state index in [1.807, 2.05) is 13.0 Å². The van der Waals surface area contributed by atoms with E-state index in [4.69, 9.17) is 4.74 Å². The van der Waals surface area contributed by atoms with Crippen molar-refractivity contribution in [2.75, 3.05) is 18.1 Å². The van der Waals surface area contributed by atoms with E-state index < -0.39 is 6.10 Å². The van der Waals surface area contributed by atoms with Crippen molar-refractivity contribution in [3.63, 3.8) is 0 Å². The molecule has 19 heavy (non-hydrogen) atoms. The van der Waals surface area contributed by atoms with Gasteiger partial charge in [0.05, 0.1) is 24.9 Å². The largest absolute Gasteiger partial charge is 0.389 e. The van der Waals surface area contributed by atoms with E-state index in [1.165, 1.54) is 24.9 Å². The zero-order valence-corrected chi connectivity index (χ0v) is 12.8. The number of morpholine rings is 1. The van der Waals surface area contributed by atoms with Gasteiger partial charge in [-0.05, 0) is 44.4 Å². The maximum absolute atomic E-state index is 10.0. The van der Waals surface area contributed by atoms with Crippen LogP contribution in [-0.4, -0.2) is 30.4 Å². The summed E-state index contributed by atoms with van der Waals surface area (Å²) in [6, 6.07) is 6.68. The van der Waals surface area contributed by atoms with Crippen molar-refractivity contribution in [3.8, 4) is 0 Å². The SMILES string of the molecule is CC(O)c1cc(Br)ccc1N1CCOC2CCCC21. The second-order valence-corrected chi connectivity index (χ2v) is 6.40. The van der Waals surface area contributed by atoms with Gasteiger partial charge in [0.15, 0.2) is 0 Å². The van der Waals surface area contributed by atoms with Crippen LogP contribution < -0.4 is 4.90 Å². The molecule has 3 rings (SSSR count). The Kier molecular flexibility index (Phi) is 3.83. The molecule has 1 aliphatic carbocycles. The van der Waals surface area contributed by atoms with Gasteiger partial charge in [0.2, 0.25) is 0 Å². The van der Waals surface area contributed by atoms with Crippen molar-refractivity contribution in [3.05, 3.63) is 28.2 Å². The molecule has 1 saturated heterocycles. The van der Waals surface area contributed by atoms with E-state index in [2.05, 4.69) is 33.0 Å². The number of anilines is 1. The number of rotatable bonds is 2. The number of hydrogen-bond donors (Lipinski definition) is 1. The Bertz CT molecular complexity index is 463. The van der Waals surface area contributed by atoms with E-state index >= 15 is 0 Å². The molecule has 3 atom stereocenters.